The molecular weight excluding hydrogens is 350 g/mol. The summed E-state index contributed by atoms with van der Waals surface area (Å²) in [5.74, 6) is 0. The van der Waals surface area contributed by atoms with E-state index in [1.54, 1.807) is 0 Å². The molecule has 0 atom stereocenters. The highest BCUT2D eigenvalue weighted by atomic mass is 16.5. The van der Waals surface area contributed by atoms with Gasteiger partial charge in [-0.1, -0.05) is 18.2 Å². The van der Waals surface area contributed by atoms with Crippen molar-refractivity contribution >= 4 is 0 Å². The van der Waals surface area contributed by atoms with Crippen molar-refractivity contribution in [1.29, 1.82) is 0 Å². The summed E-state index contributed by atoms with van der Waals surface area (Å²) in [4.78, 5) is 7.52. The molecule has 6 nitrogen and oxygen atoms in total. The average Bonchev–Trinajstić information content (AvgIpc) is 3.39. The molecule has 1 fully saturated rings. The van der Waals surface area contributed by atoms with Gasteiger partial charge in [0.05, 0.1) is 29.4 Å². The lowest BCUT2D eigenvalue weighted by molar-refractivity contribution is -0.0453. The zero-order valence-electron chi connectivity index (χ0n) is 16.4. The SMILES string of the molecule is CCn1cnc2c1CCN(Cc1cnn(-c3ccccc3)c1)C21CCOCC1. The van der Waals surface area contributed by atoms with E-state index in [2.05, 4.69) is 39.8 Å². The summed E-state index contributed by atoms with van der Waals surface area (Å²) in [6.45, 7) is 6.73. The van der Waals surface area contributed by atoms with Crippen LogP contribution < -0.4 is 0 Å². The number of ether oxygens (including phenoxy) is 1. The van der Waals surface area contributed by atoms with Crippen LogP contribution in [0.5, 0.6) is 0 Å². The van der Waals surface area contributed by atoms with Crippen LogP contribution in [0, 0.1) is 0 Å². The highest BCUT2D eigenvalue weighted by Gasteiger charge is 2.46. The molecule has 0 aliphatic carbocycles. The maximum Gasteiger partial charge on any atom is 0.0952 e. The quantitative estimate of drug-likeness (QED) is 0.701. The van der Waals surface area contributed by atoms with Gasteiger partial charge in [-0.2, -0.15) is 5.10 Å². The molecule has 1 spiro atoms. The first-order valence-electron chi connectivity index (χ1n) is 10.3. The van der Waals surface area contributed by atoms with Crippen LogP contribution in [0.3, 0.4) is 0 Å². The maximum atomic E-state index is 5.73. The Kier molecular flexibility index (Phi) is 4.53. The van der Waals surface area contributed by atoms with E-state index in [1.165, 1.54) is 17.0 Å². The number of rotatable bonds is 4. The Labute approximate surface area is 165 Å². The second-order valence-electron chi connectivity index (χ2n) is 7.77. The number of hydrogen-bond donors (Lipinski definition) is 0. The topological polar surface area (TPSA) is 48.1 Å². The Morgan fingerprint density at radius 2 is 1.96 bits per heavy atom. The van der Waals surface area contributed by atoms with Gasteiger partial charge in [-0.25, -0.2) is 9.67 Å². The Morgan fingerprint density at radius 1 is 1.14 bits per heavy atom. The lowest BCUT2D eigenvalue weighted by Crippen LogP contribution is -2.53. The molecule has 0 amide bonds. The molecule has 6 heteroatoms. The van der Waals surface area contributed by atoms with Crippen LogP contribution in [0.15, 0.2) is 49.1 Å². The summed E-state index contributed by atoms with van der Waals surface area (Å²) in [6, 6.07) is 10.3. The van der Waals surface area contributed by atoms with Crippen LogP contribution in [0.25, 0.3) is 5.69 Å². The molecule has 1 aromatic carbocycles. The summed E-state index contributed by atoms with van der Waals surface area (Å²) < 4.78 is 10.0. The van der Waals surface area contributed by atoms with Gasteiger partial charge in [0.25, 0.3) is 0 Å². The molecule has 0 radical (unpaired) electrons. The van der Waals surface area contributed by atoms with Crippen molar-refractivity contribution in [1.82, 2.24) is 24.2 Å². The number of benzene rings is 1. The van der Waals surface area contributed by atoms with Gasteiger partial charge in [0.1, 0.15) is 0 Å². The van der Waals surface area contributed by atoms with E-state index in [0.717, 1.165) is 57.8 Å². The van der Waals surface area contributed by atoms with Crippen LogP contribution in [-0.4, -0.2) is 44.0 Å². The average molecular weight is 377 g/mol. The predicted octanol–water partition coefficient (Wildman–Crippen LogP) is 3.15. The highest BCUT2D eigenvalue weighted by Crippen LogP contribution is 2.43. The van der Waals surface area contributed by atoms with Crippen LogP contribution in [0.2, 0.25) is 0 Å². The van der Waals surface area contributed by atoms with E-state index < -0.39 is 0 Å². The lowest BCUT2D eigenvalue weighted by Gasteiger charge is -2.48. The Hall–Kier alpha value is -2.44. The molecule has 5 rings (SSSR count). The van der Waals surface area contributed by atoms with Gasteiger partial charge in [-0.3, -0.25) is 4.90 Å². The fraction of sp³-hybridized carbons (Fsp3) is 0.455. The number of aryl methyl sites for hydroxylation is 1. The molecule has 0 unspecified atom stereocenters. The van der Waals surface area contributed by atoms with E-state index in [1.807, 2.05) is 35.4 Å². The third-order valence-corrected chi connectivity index (χ3v) is 6.30. The largest absolute Gasteiger partial charge is 0.381 e. The monoisotopic (exact) mass is 377 g/mol. The minimum atomic E-state index is -0.0128. The number of imidazole rings is 1. The molecule has 0 bridgehead atoms. The van der Waals surface area contributed by atoms with Crippen molar-refractivity contribution in [2.75, 3.05) is 19.8 Å². The molecule has 3 aromatic rings. The summed E-state index contributed by atoms with van der Waals surface area (Å²) in [5.41, 5.74) is 5.02. The summed E-state index contributed by atoms with van der Waals surface area (Å²) in [6.07, 6.45) is 9.25. The van der Waals surface area contributed by atoms with E-state index in [0.29, 0.717) is 0 Å². The van der Waals surface area contributed by atoms with E-state index >= 15 is 0 Å². The maximum absolute atomic E-state index is 5.73. The summed E-state index contributed by atoms with van der Waals surface area (Å²) in [5, 5.41) is 4.59. The second kappa shape index (κ2) is 7.18. The third-order valence-electron chi connectivity index (χ3n) is 6.30. The first-order chi connectivity index (χ1) is 13.8. The number of nitrogens with zero attached hydrogens (tertiary/aromatic N) is 5. The molecule has 2 aromatic heterocycles. The van der Waals surface area contributed by atoms with E-state index in [4.69, 9.17) is 9.72 Å². The van der Waals surface area contributed by atoms with Crippen LogP contribution in [-0.2, 0) is 29.8 Å². The predicted molar refractivity (Wildman–Crippen MR) is 107 cm³/mol. The molecule has 4 heterocycles. The molecule has 0 saturated carbocycles. The second-order valence-corrected chi connectivity index (χ2v) is 7.77. The van der Waals surface area contributed by atoms with Crippen molar-refractivity contribution < 1.29 is 4.74 Å². The lowest BCUT2D eigenvalue weighted by atomic mass is 9.80. The highest BCUT2D eigenvalue weighted by molar-refractivity contribution is 5.32. The zero-order valence-corrected chi connectivity index (χ0v) is 16.4. The van der Waals surface area contributed by atoms with Crippen molar-refractivity contribution in [3.8, 4) is 5.69 Å². The normalized spacial score (nSPS) is 19.0. The van der Waals surface area contributed by atoms with Crippen molar-refractivity contribution in [2.45, 2.75) is 44.8 Å². The van der Waals surface area contributed by atoms with Gasteiger partial charge in [0.2, 0.25) is 0 Å². The zero-order chi connectivity index (χ0) is 19.0. The first-order valence-corrected chi connectivity index (χ1v) is 10.3. The number of fused-ring (bicyclic) bond motifs is 2. The van der Waals surface area contributed by atoms with Gasteiger partial charge >= 0.3 is 0 Å². The number of hydrogen-bond acceptors (Lipinski definition) is 4. The van der Waals surface area contributed by atoms with Crippen LogP contribution >= 0.6 is 0 Å². The Morgan fingerprint density at radius 3 is 2.75 bits per heavy atom. The van der Waals surface area contributed by atoms with E-state index in [-0.39, 0.29) is 5.54 Å². The molecule has 2 aliphatic heterocycles. The van der Waals surface area contributed by atoms with Gasteiger partial charge in [-0.05, 0) is 31.9 Å². The Balaban J connectivity index is 1.45. The molecule has 28 heavy (non-hydrogen) atoms. The van der Waals surface area contributed by atoms with Gasteiger partial charge in [0.15, 0.2) is 0 Å². The summed E-state index contributed by atoms with van der Waals surface area (Å²) in [7, 11) is 0. The van der Waals surface area contributed by atoms with Gasteiger partial charge in [-0.15, -0.1) is 0 Å². The van der Waals surface area contributed by atoms with Gasteiger partial charge in [0, 0.05) is 56.7 Å². The minimum absolute atomic E-state index is 0.0128. The molecule has 2 aliphatic rings. The molecule has 0 N–H and O–H groups in total. The van der Waals surface area contributed by atoms with Crippen molar-refractivity contribution in [3.63, 3.8) is 0 Å². The van der Waals surface area contributed by atoms with Crippen LogP contribution in [0.1, 0.15) is 36.7 Å². The number of aromatic nitrogens is 4. The minimum Gasteiger partial charge on any atom is -0.381 e. The molecule has 1 saturated heterocycles. The third kappa shape index (κ3) is 2.88. The molecule has 146 valence electrons. The Bertz CT molecular complexity index is 939. The van der Waals surface area contributed by atoms with Gasteiger partial charge < -0.3 is 9.30 Å². The summed E-state index contributed by atoms with van der Waals surface area (Å²) >= 11 is 0. The van der Waals surface area contributed by atoms with Crippen molar-refractivity contribution in [3.05, 3.63) is 66.0 Å². The standard InChI is InChI=1S/C22H27N5O/c1-2-25-17-23-21-20(25)8-11-26(22(21)9-12-28-13-10-22)15-18-14-24-27(16-18)19-6-4-3-5-7-19/h3-7,14,16-17H,2,8-13,15H2,1H3. The van der Waals surface area contributed by atoms with Crippen LogP contribution in [0.4, 0.5) is 0 Å². The smallest absolute Gasteiger partial charge is 0.0952 e. The van der Waals surface area contributed by atoms with Crippen molar-refractivity contribution in [2.24, 2.45) is 0 Å². The molecular formula is C22H27N5O. The first kappa shape index (κ1) is 17.6. The fourth-order valence-corrected chi connectivity index (χ4v) is 4.81. The fourth-order valence-electron chi connectivity index (χ4n) is 4.81. The number of para-hydroxylation sites is 1. The van der Waals surface area contributed by atoms with E-state index in [9.17, 15) is 0 Å².